The second kappa shape index (κ2) is 4.98. The maximum atomic E-state index is 12.1. The van der Waals surface area contributed by atoms with Gasteiger partial charge in [-0.2, -0.15) is 0 Å². The first-order valence-corrected chi connectivity index (χ1v) is 6.59. The van der Waals surface area contributed by atoms with Crippen LogP contribution >= 0.6 is 9.47 Å². The monoisotopic (exact) mass is 270 g/mol. The average Bonchev–Trinajstić information content (AvgIpc) is 2.90. The minimum Gasteiger partial charge on any atom is -0.450 e. The molecule has 0 bridgehead atoms. The molecule has 1 aliphatic heterocycles. The van der Waals surface area contributed by atoms with E-state index in [2.05, 4.69) is 28.7 Å². The lowest BCUT2D eigenvalue weighted by molar-refractivity contribution is -0.140. The van der Waals surface area contributed by atoms with Gasteiger partial charge >= 0.3 is 5.97 Å². The van der Waals surface area contributed by atoms with Gasteiger partial charge in [-0.25, -0.2) is 4.79 Å². The predicted octanol–water partition coefficient (Wildman–Crippen LogP) is 0.379. The molecule has 1 amide bonds. The van der Waals surface area contributed by atoms with Gasteiger partial charge in [-0.1, -0.05) is 13.0 Å². The van der Waals surface area contributed by atoms with Crippen LogP contribution in [0.25, 0.3) is 0 Å². The number of carbonyl (C=O) groups is 2. The fourth-order valence-electron chi connectivity index (χ4n) is 2.53. The summed E-state index contributed by atoms with van der Waals surface area (Å²) in [6.07, 6.45) is 3.06. The summed E-state index contributed by atoms with van der Waals surface area (Å²) in [5.74, 6) is -0.0935. The second-order valence-corrected chi connectivity index (χ2v) is 5.45. The van der Waals surface area contributed by atoms with E-state index in [9.17, 15) is 9.59 Å². The lowest BCUT2D eigenvalue weighted by atomic mass is 10.1. The topological polar surface area (TPSA) is 67.4 Å². The quantitative estimate of drug-likeness (QED) is 0.572. The summed E-state index contributed by atoms with van der Waals surface area (Å²) in [5, 5.41) is 5.97. The molecule has 5 unspecified atom stereocenters. The molecule has 0 aromatic heterocycles. The highest BCUT2D eigenvalue weighted by Crippen LogP contribution is 2.45. The summed E-state index contributed by atoms with van der Waals surface area (Å²) in [5.41, 5.74) is -0.895. The Hall–Kier alpha value is -0.930. The molecule has 2 N–H and O–H groups in total. The fraction of sp³-hybridized carbons (Fsp3) is 0.667. The molecule has 0 aromatic rings. The molecule has 1 saturated carbocycles. The largest absolute Gasteiger partial charge is 0.450 e. The lowest BCUT2D eigenvalue weighted by Crippen LogP contribution is -2.51. The molecule has 0 radical (unpaired) electrons. The Morgan fingerprint density at radius 1 is 1.61 bits per heavy atom. The minimum absolute atomic E-state index is 0.0340. The Morgan fingerprint density at radius 2 is 2.33 bits per heavy atom. The highest BCUT2D eigenvalue weighted by atomic mass is 31.0. The van der Waals surface area contributed by atoms with Crippen LogP contribution in [0.15, 0.2) is 12.7 Å². The number of hydrogen-bond acceptors (Lipinski definition) is 4. The Labute approximate surface area is 109 Å². The van der Waals surface area contributed by atoms with Crippen LogP contribution in [-0.4, -0.2) is 30.0 Å². The van der Waals surface area contributed by atoms with Gasteiger partial charge in [0.2, 0.25) is 5.91 Å². The zero-order valence-corrected chi connectivity index (χ0v) is 11.6. The third-order valence-electron chi connectivity index (χ3n) is 3.78. The summed E-state index contributed by atoms with van der Waals surface area (Å²) in [6, 6.07) is -0.208. The van der Waals surface area contributed by atoms with Gasteiger partial charge in [0, 0.05) is 5.92 Å². The summed E-state index contributed by atoms with van der Waals surface area (Å²) in [7, 11) is 1.93. The van der Waals surface area contributed by atoms with E-state index < -0.39 is 11.5 Å². The predicted molar refractivity (Wildman–Crippen MR) is 70.6 cm³/mol. The van der Waals surface area contributed by atoms with Gasteiger partial charge in [0.15, 0.2) is 0 Å². The molecule has 1 aliphatic carbocycles. The van der Waals surface area contributed by atoms with Gasteiger partial charge in [0.05, 0.1) is 15.5 Å². The molecule has 1 heterocycles. The molecule has 0 spiro atoms. The van der Waals surface area contributed by atoms with Crippen molar-refractivity contribution in [2.45, 2.75) is 31.3 Å². The van der Waals surface area contributed by atoms with Crippen molar-refractivity contribution in [3.63, 3.8) is 0 Å². The average molecular weight is 270 g/mol. The van der Waals surface area contributed by atoms with Gasteiger partial charge in [-0.15, -0.1) is 6.58 Å². The lowest BCUT2D eigenvalue weighted by Gasteiger charge is -2.19. The van der Waals surface area contributed by atoms with E-state index in [-0.39, 0.29) is 17.9 Å². The zero-order valence-electron chi connectivity index (χ0n) is 10.4. The molecule has 5 nitrogen and oxygen atoms in total. The van der Waals surface area contributed by atoms with Crippen LogP contribution < -0.4 is 10.6 Å². The molecule has 0 aromatic carbocycles. The Morgan fingerprint density at radius 3 is 2.78 bits per heavy atom. The number of nitrogens with one attached hydrogen (secondary N) is 2. The summed E-state index contributed by atoms with van der Waals surface area (Å²) >= 11 is 0. The van der Waals surface area contributed by atoms with Crippen molar-refractivity contribution < 1.29 is 14.1 Å². The molecule has 2 aliphatic rings. The molecule has 2 rings (SSSR count). The third-order valence-corrected chi connectivity index (χ3v) is 4.00. The van der Waals surface area contributed by atoms with Crippen LogP contribution in [0.3, 0.4) is 0 Å². The van der Waals surface area contributed by atoms with E-state index in [1.54, 1.807) is 6.08 Å². The molecule has 5 atom stereocenters. The summed E-state index contributed by atoms with van der Waals surface area (Å²) < 4.78 is 4.69. The van der Waals surface area contributed by atoms with Crippen molar-refractivity contribution in [3.05, 3.63) is 12.7 Å². The van der Waals surface area contributed by atoms with Gasteiger partial charge in [0.25, 0.3) is 0 Å². The smallest absolute Gasteiger partial charge is 0.334 e. The molecule has 100 valence electrons. The van der Waals surface area contributed by atoms with E-state index >= 15 is 0 Å². The first kappa shape index (κ1) is 13.5. The van der Waals surface area contributed by atoms with Crippen LogP contribution in [0.4, 0.5) is 0 Å². The molecular weight excluding hydrogens is 251 g/mol. The fourth-order valence-corrected chi connectivity index (χ4v) is 2.74. The molecule has 6 heteroatoms. The van der Waals surface area contributed by atoms with Crippen molar-refractivity contribution in [2.75, 3.05) is 6.54 Å². The van der Waals surface area contributed by atoms with Crippen molar-refractivity contribution in [2.24, 2.45) is 11.8 Å². The van der Waals surface area contributed by atoms with Gasteiger partial charge in [0.1, 0.15) is 5.54 Å². The van der Waals surface area contributed by atoms with Gasteiger partial charge in [-0.3, -0.25) is 4.79 Å². The molecule has 1 saturated heterocycles. The zero-order chi connectivity index (χ0) is 13.3. The van der Waals surface area contributed by atoms with E-state index in [0.717, 1.165) is 13.0 Å². The van der Waals surface area contributed by atoms with E-state index in [0.29, 0.717) is 12.3 Å². The Bertz CT molecular complexity index is 388. The number of carbonyl (C=O) groups excluding carboxylic acids is 2. The maximum Gasteiger partial charge on any atom is 0.334 e. The molecular formula is C12H19N2O3P. The molecule has 18 heavy (non-hydrogen) atoms. The van der Waals surface area contributed by atoms with Crippen LogP contribution in [0.1, 0.15) is 19.8 Å². The van der Waals surface area contributed by atoms with E-state index in [4.69, 9.17) is 0 Å². The van der Waals surface area contributed by atoms with Crippen molar-refractivity contribution in [1.29, 1.82) is 0 Å². The van der Waals surface area contributed by atoms with E-state index in [1.165, 1.54) is 0 Å². The van der Waals surface area contributed by atoms with E-state index in [1.807, 2.05) is 9.47 Å². The van der Waals surface area contributed by atoms with Crippen molar-refractivity contribution >= 4 is 21.3 Å². The Balaban J connectivity index is 2.00. The molecule has 2 fully saturated rings. The van der Waals surface area contributed by atoms with Crippen molar-refractivity contribution in [3.8, 4) is 0 Å². The summed E-state index contributed by atoms with van der Waals surface area (Å²) in [6.45, 7) is 6.60. The normalized spacial score (nSPS) is 38.0. The number of rotatable bonds is 4. The Kier molecular flexibility index (Phi) is 3.74. The standard InChI is InChI=1S/C12H19N2O3P/c1-3-8-5-12(8,11(16)17-18)14-10(15)9-4-7(2)6-13-9/h3,7-9,13H,1,4-6,18H2,2H3,(H,14,15). The van der Waals surface area contributed by atoms with Gasteiger partial charge in [-0.05, 0) is 25.3 Å². The van der Waals surface area contributed by atoms with Crippen LogP contribution in [-0.2, 0) is 14.1 Å². The highest BCUT2D eigenvalue weighted by molar-refractivity contribution is 7.10. The SMILES string of the molecule is C=CC1CC1(NC(=O)C1CC(C)CN1)C(=O)OP. The van der Waals surface area contributed by atoms with Crippen LogP contribution in [0.5, 0.6) is 0 Å². The number of hydrogen-bond donors (Lipinski definition) is 2. The first-order valence-electron chi connectivity index (χ1n) is 6.12. The van der Waals surface area contributed by atoms with Gasteiger partial charge < -0.3 is 15.2 Å². The first-order chi connectivity index (χ1) is 8.53. The van der Waals surface area contributed by atoms with Crippen LogP contribution in [0.2, 0.25) is 0 Å². The maximum absolute atomic E-state index is 12.1. The second-order valence-electron chi connectivity index (χ2n) is 5.21. The summed E-state index contributed by atoms with van der Waals surface area (Å²) in [4.78, 5) is 23.9. The highest BCUT2D eigenvalue weighted by Gasteiger charge is 2.61. The van der Waals surface area contributed by atoms with Crippen LogP contribution in [0, 0.1) is 11.8 Å². The minimum atomic E-state index is -0.895. The third kappa shape index (κ3) is 2.29. The van der Waals surface area contributed by atoms with Crippen molar-refractivity contribution in [1.82, 2.24) is 10.6 Å². The number of amides is 1.